The molecule has 3 N–H and O–H groups in total. The molecular weight excluding hydrogens is 387 g/mol. The quantitative estimate of drug-likeness (QED) is 0.745. The predicted molar refractivity (Wildman–Crippen MR) is 108 cm³/mol. The number of hydrogen-bond acceptors (Lipinski definition) is 5. The van der Waals surface area contributed by atoms with E-state index in [4.69, 9.17) is 33.7 Å². The van der Waals surface area contributed by atoms with Crippen molar-refractivity contribution in [3.05, 3.63) is 45.1 Å². The molecule has 2 aliphatic heterocycles. The van der Waals surface area contributed by atoms with Gasteiger partial charge in [0.2, 0.25) is 5.91 Å². The van der Waals surface area contributed by atoms with E-state index in [0.29, 0.717) is 47.4 Å². The molecule has 2 aliphatic rings. The SMILES string of the molecule is NC1=C(C(=O)NCCN2CCOCC2)CCN(Cc2cc(Cl)cc(Cl)c2)C1. The molecule has 0 saturated carbocycles. The zero-order chi connectivity index (χ0) is 19.2. The summed E-state index contributed by atoms with van der Waals surface area (Å²) >= 11 is 12.1. The van der Waals surface area contributed by atoms with Gasteiger partial charge in [0.1, 0.15) is 0 Å². The molecule has 1 fully saturated rings. The monoisotopic (exact) mass is 412 g/mol. The molecule has 8 heteroatoms. The highest BCUT2D eigenvalue weighted by atomic mass is 35.5. The highest BCUT2D eigenvalue weighted by molar-refractivity contribution is 6.34. The van der Waals surface area contributed by atoms with Gasteiger partial charge < -0.3 is 15.8 Å². The molecule has 0 atom stereocenters. The van der Waals surface area contributed by atoms with Gasteiger partial charge in [0.25, 0.3) is 0 Å². The molecule has 0 aliphatic carbocycles. The first-order valence-electron chi connectivity index (χ1n) is 9.24. The number of halogens is 2. The topological polar surface area (TPSA) is 70.8 Å². The molecule has 3 rings (SSSR count). The number of carbonyl (C=O) groups excluding carboxylic acids is 1. The van der Waals surface area contributed by atoms with Gasteiger partial charge in [0.15, 0.2) is 0 Å². The van der Waals surface area contributed by atoms with E-state index in [0.717, 1.165) is 45.0 Å². The lowest BCUT2D eigenvalue weighted by Gasteiger charge is -2.29. The smallest absolute Gasteiger partial charge is 0.249 e. The Bertz CT molecular complexity index is 685. The van der Waals surface area contributed by atoms with E-state index in [2.05, 4.69) is 15.1 Å². The minimum Gasteiger partial charge on any atom is -0.401 e. The molecule has 0 bridgehead atoms. The van der Waals surface area contributed by atoms with Crippen molar-refractivity contribution in [2.75, 3.05) is 52.5 Å². The average molecular weight is 413 g/mol. The van der Waals surface area contributed by atoms with Crippen molar-refractivity contribution in [1.82, 2.24) is 15.1 Å². The maximum Gasteiger partial charge on any atom is 0.249 e. The Labute approximate surface area is 170 Å². The Hall–Kier alpha value is -1.31. The third-order valence-electron chi connectivity index (χ3n) is 4.88. The predicted octanol–water partition coefficient (Wildman–Crippen LogP) is 1.86. The van der Waals surface area contributed by atoms with Gasteiger partial charge in [-0.3, -0.25) is 14.6 Å². The molecule has 148 valence electrons. The zero-order valence-corrected chi connectivity index (χ0v) is 16.9. The van der Waals surface area contributed by atoms with Crippen molar-refractivity contribution in [2.45, 2.75) is 13.0 Å². The van der Waals surface area contributed by atoms with Crippen LogP contribution in [0.25, 0.3) is 0 Å². The largest absolute Gasteiger partial charge is 0.401 e. The summed E-state index contributed by atoms with van der Waals surface area (Å²) < 4.78 is 5.33. The minimum absolute atomic E-state index is 0.0498. The lowest BCUT2D eigenvalue weighted by Crippen LogP contribution is -2.43. The highest BCUT2D eigenvalue weighted by Gasteiger charge is 2.22. The van der Waals surface area contributed by atoms with Crippen molar-refractivity contribution < 1.29 is 9.53 Å². The van der Waals surface area contributed by atoms with Crippen LogP contribution in [-0.2, 0) is 16.1 Å². The summed E-state index contributed by atoms with van der Waals surface area (Å²) in [5, 5.41) is 4.24. The summed E-state index contributed by atoms with van der Waals surface area (Å²) in [4.78, 5) is 16.9. The van der Waals surface area contributed by atoms with Crippen molar-refractivity contribution in [3.8, 4) is 0 Å². The number of carbonyl (C=O) groups is 1. The number of nitrogens with one attached hydrogen (secondary N) is 1. The Morgan fingerprint density at radius 3 is 2.48 bits per heavy atom. The van der Waals surface area contributed by atoms with Crippen LogP contribution in [0.3, 0.4) is 0 Å². The Balaban J connectivity index is 1.48. The number of rotatable bonds is 6. The molecule has 0 radical (unpaired) electrons. The van der Waals surface area contributed by atoms with Gasteiger partial charge in [-0.15, -0.1) is 0 Å². The highest BCUT2D eigenvalue weighted by Crippen LogP contribution is 2.22. The van der Waals surface area contributed by atoms with Gasteiger partial charge in [-0.05, 0) is 30.2 Å². The van der Waals surface area contributed by atoms with Gasteiger partial charge in [0, 0.05) is 67.1 Å². The first-order chi connectivity index (χ1) is 13.0. The first kappa shape index (κ1) is 20.4. The van der Waals surface area contributed by atoms with E-state index >= 15 is 0 Å². The molecular formula is C19H26Cl2N4O2. The molecule has 27 heavy (non-hydrogen) atoms. The molecule has 0 spiro atoms. The number of morpholine rings is 1. The summed E-state index contributed by atoms with van der Waals surface area (Å²) in [5.74, 6) is -0.0498. The second kappa shape index (κ2) is 9.75. The molecule has 1 aromatic rings. The molecule has 6 nitrogen and oxygen atoms in total. The van der Waals surface area contributed by atoms with Crippen LogP contribution in [0.5, 0.6) is 0 Å². The average Bonchev–Trinajstić information content (AvgIpc) is 2.61. The number of ether oxygens (including phenoxy) is 1. The van der Waals surface area contributed by atoms with Crippen LogP contribution in [0.2, 0.25) is 10.0 Å². The fourth-order valence-electron chi connectivity index (χ4n) is 3.46. The van der Waals surface area contributed by atoms with Crippen molar-refractivity contribution in [2.24, 2.45) is 5.73 Å². The van der Waals surface area contributed by atoms with Crippen molar-refractivity contribution >= 4 is 29.1 Å². The number of nitrogens with two attached hydrogens (primary N) is 1. The lowest BCUT2D eigenvalue weighted by atomic mass is 10.0. The van der Waals surface area contributed by atoms with E-state index in [1.165, 1.54) is 0 Å². The van der Waals surface area contributed by atoms with E-state index in [9.17, 15) is 4.79 Å². The van der Waals surface area contributed by atoms with Crippen molar-refractivity contribution in [1.29, 1.82) is 0 Å². The van der Waals surface area contributed by atoms with Crippen LogP contribution >= 0.6 is 23.2 Å². The van der Waals surface area contributed by atoms with Gasteiger partial charge in [-0.25, -0.2) is 0 Å². The summed E-state index contributed by atoms with van der Waals surface area (Å²) in [7, 11) is 0. The third-order valence-corrected chi connectivity index (χ3v) is 5.32. The van der Waals surface area contributed by atoms with Crippen LogP contribution in [-0.4, -0.2) is 68.2 Å². The second-order valence-electron chi connectivity index (χ2n) is 6.95. The Kier molecular flexibility index (Phi) is 7.38. The molecule has 1 aromatic carbocycles. The van der Waals surface area contributed by atoms with E-state index in [1.54, 1.807) is 6.07 Å². The van der Waals surface area contributed by atoms with Crippen LogP contribution in [0.4, 0.5) is 0 Å². The van der Waals surface area contributed by atoms with E-state index in [1.807, 2.05) is 12.1 Å². The van der Waals surface area contributed by atoms with E-state index < -0.39 is 0 Å². The Morgan fingerprint density at radius 1 is 1.11 bits per heavy atom. The third kappa shape index (κ3) is 6.09. The number of amides is 1. The fraction of sp³-hybridized carbons (Fsp3) is 0.526. The van der Waals surface area contributed by atoms with Gasteiger partial charge in [0.05, 0.1) is 13.2 Å². The van der Waals surface area contributed by atoms with Crippen LogP contribution < -0.4 is 11.1 Å². The van der Waals surface area contributed by atoms with Gasteiger partial charge in [-0.2, -0.15) is 0 Å². The maximum absolute atomic E-state index is 12.5. The standard InChI is InChI=1S/C19H26Cl2N4O2/c20-15-9-14(10-16(21)11-15)12-25-3-1-17(18(22)13-25)19(26)23-2-4-24-5-7-27-8-6-24/h9-11H,1-8,12-13,22H2,(H,23,26). The molecule has 1 amide bonds. The van der Waals surface area contributed by atoms with Crippen molar-refractivity contribution in [3.63, 3.8) is 0 Å². The number of hydrogen-bond donors (Lipinski definition) is 2. The molecule has 1 saturated heterocycles. The maximum atomic E-state index is 12.5. The van der Waals surface area contributed by atoms with Crippen LogP contribution in [0.15, 0.2) is 29.5 Å². The second-order valence-corrected chi connectivity index (χ2v) is 7.82. The molecule has 2 heterocycles. The Morgan fingerprint density at radius 2 is 1.81 bits per heavy atom. The van der Waals surface area contributed by atoms with Crippen LogP contribution in [0.1, 0.15) is 12.0 Å². The lowest BCUT2D eigenvalue weighted by molar-refractivity contribution is -0.118. The normalized spacial score (nSPS) is 19.3. The summed E-state index contributed by atoms with van der Waals surface area (Å²) in [5.41, 5.74) is 8.58. The number of benzene rings is 1. The molecule has 0 unspecified atom stereocenters. The molecule has 0 aromatic heterocycles. The summed E-state index contributed by atoms with van der Waals surface area (Å²) in [6.07, 6.45) is 0.642. The zero-order valence-electron chi connectivity index (χ0n) is 15.3. The fourth-order valence-corrected chi connectivity index (χ4v) is 4.03. The summed E-state index contributed by atoms with van der Waals surface area (Å²) in [6.45, 7) is 6.87. The van der Waals surface area contributed by atoms with Crippen LogP contribution in [0, 0.1) is 0 Å². The first-order valence-corrected chi connectivity index (χ1v) is 10.00. The number of nitrogens with zero attached hydrogens (tertiary/aromatic N) is 2. The van der Waals surface area contributed by atoms with E-state index in [-0.39, 0.29) is 5.91 Å². The summed E-state index contributed by atoms with van der Waals surface area (Å²) in [6, 6.07) is 5.53. The van der Waals surface area contributed by atoms with Gasteiger partial charge in [-0.1, -0.05) is 23.2 Å². The van der Waals surface area contributed by atoms with Gasteiger partial charge >= 0.3 is 0 Å². The minimum atomic E-state index is -0.0498.